The molecule has 0 unspecified atom stereocenters. The zero-order valence-electron chi connectivity index (χ0n) is 9.51. The van der Waals surface area contributed by atoms with Gasteiger partial charge in [-0.25, -0.2) is 13.2 Å². The molecule has 0 saturated heterocycles. The van der Waals surface area contributed by atoms with Crippen molar-refractivity contribution in [2.24, 2.45) is 5.73 Å². The smallest absolute Gasteiger partial charge is 0.328 e. The van der Waals surface area contributed by atoms with E-state index >= 15 is 0 Å². The molecular weight excluding hydrogens is 244 g/mol. The molecule has 3 N–H and O–H groups in total. The first-order valence-electron chi connectivity index (χ1n) is 4.83. The number of hydrogen-bond donors (Lipinski definition) is 2. The number of rotatable bonds is 4. The number of nitrogens with one attached hydrogen (secondary N) is 1. The molecule has 1 aromatic rings. The van der Waals surface area contributed by atoms with Crippen molar-refractivity contribution in [1.29, 1.82) is 0 Å². The van der Waals surface area contributed by atoms with Gasteiger partial charge in [0.2, 0.25) is 10.0 Å². The van der Waals surface area contributed by atoms with Gasteiger partial charge < -0.3 is 10.5 Å². The van der Waals surface area contributed by atoms with Crippen LogP contribution in [-0.2, 0) is 14.8 Å². The standard InChI is InChI=1S/C10H14N2O4S/c1-7(11)10(13)16-9-5-3-8(4-6-9)12-17(2,14)15/h3-7,12H,11H2,1-2H3/t7-/m0/s1. The first kappa shape index (κ1) is 13.5. The van der Waals surface area contributed by atoms with E-state index < -0.39 is 22.0 Å². The second kappa shape index (κ2) is 5.15. The summed E-state index contributed by atoms with van der Waals surface area (Å²) in [5.74, 6) is -0.236. The molecule has 0 aromatic heterocycles. The molecule has 7 heteroatoms. The Balaban J connectivity index is 2.72. The van der Waals surface area contributed by atoms with Crippen LogP contribution >= 0.6 is 0 Å². The van der Waals surface area contributed by atoms with Crippen LogP contribution in [0.4, 0.5) is 5.69 Å². The van der Waals surface area contributed by atoms with Gasteiger partial charge >= 0.3 is 5.97 Å². The zero-order valence-corrected chi connectivity index (χ0v) is 10.3. The van der Waals surface area contributed by atoms with Crippen molar-refractivity contribution in [2.75, 3.05) is 11.0 Å². The molecule has 0 aliphatic heterocycles. The highest BCUT2D eigenvalue weighted by molar-refractivity contribution is 7.92. The lowest BCUT2D eigenvalue weighted by Crippen LogP contribution is -2.30. The number of carbonyl (C=O) groups excluding carboxylic acids is 1. The van der Waals surface area contributed by atoms with Crippen LogP contribution < -0.4 is 15.2 Å². The summed E-state index contributed by atoms with van der Waals surface area (Å²) in [6, 6.07) is 5.24. The number of esters is 1. The van der Waals surface area contributed by atoms with E-state index in [0.29, 0.717) is 11.4 Å². The monoisotopic (exact) mass is 258 g/mol. The van der Waals surface area contributed by atoms with Crippen LogP contribution in [0.2, 0.25) is 0 Å². The van der Waals surface area contributed by atoms with Crippen molar-refractivity contribution in [3.63, 3.8) is 0 Å². The van der Waals surface area contributed by atoms with E-state index in [4.69, 9.17) is 10.5 Å². The van der Waals surface area contributed by atoms with Gasteiger partial charge in [-0.15, -0.1) is 0 Å². The Hall–Kier alpha value is -1.60. The molecule has 6 nitrogen and oxygen atoms in total. The molecule has 0 amide bonds. The fraction of sp³-hybridized carbons (Fsp3) is 0.300. The maximum absolute atomic E-state index is 11.2. The summed E-state index contributed by atoms with van der Waals surface area (Å²) in [5, 5.41) is 0. The number of sulfonamides is 1. The third kappa shape index (κ3) is 4.83. The van der Waals surface area contributed by atoms with E-state index in [-0.39, 0.29) is 0 Å². The van der Waals surface area contributed by atoms with E-state index in [1.54, 1.807) is 0 Å². The van der Waals surface area contributed by atoms with E-state index in [9.17, 15) is 13.2 Å². The summed E-state index contributed by atoms with van der Waals surface area (Å²) in [4.78, 5) is 11.2. The number of hydrogen-bond acceptors (Lipinski definition) is 5. The Morgan fingerprint density at radius 2 is 1.88 bits per heavy atom. The molecule has 0 saturated carbocycles. The predicted octanol–water partition coefficient (Wildman–Crippen LogP) is 0.311. The number of nitrogens with two attached hydrogens (primary N) is 1. The molecule has 0 bridgehead atoms. The van der Waals surface area contributed by atoms with Crippen molar-refractivity contribution in [1.82, 2.24) is 0 Å². The third-order valence-corrected chi connectivity index (χ3v) is 2.35. The van der Waals surface area contributed by atoms with Gasteiger partial charge in [0.25, 0.3) is 0 Å². The molecule has 1 rings (SSSR count). The van der Waals surface area contributed by atoms with Crippen LogP contribution in [0.3, 0.4) is 0 Å². The third-order valence-electron chi connectivity index (χ3n) is 1.75. The van der Waals surface area contributed by atoms with E-state index in [2.05, 4.69) is 4.72 Å². The lowest BCUT2D eigenvalue weighted by Gasteiger charge is -2.08. The van der Waals surface area contributed by atoms with Crippen molar-refractivity contribution < 1.29 is 17.9 Å². The summed E-state index contributed by atoms with van der Waals surface area (Å²) in [7, 11) is -3.30. The average molecular weight is 258 g/mol. The molecule has 0 heterocycles. The van der Waals surface area contributed by atoms with Crippen LogP contribution in [0.1, 0.15) is 6.92 Å². The lowest BCUT2D eigenvalue weighted by molar-refractivity contribution is -0.135. The summed E-state index contributed by atoms with van der Waals surface area (Å²) in [6.45, 7) is 1.52. The Bertz CT molecular complexity index is 494. The molecule has 0 aliphatic carbocycles. The maximum Gasteiger partial charge on any atom is 0.328 e. The Morgan fingerprint density at radius 3 is 2.29 bits per heavy atom. The van der Waals surface area contributed by atoms with Gasteiger partial charge in [-0.2, -0.15) is 0 Å². The summed E-state index contributed by atoms with van der Waals surface area (Å²) in [6.07, 6.45) is 1.05. The first-order chi connectivity index (χ1) is 7.78. The van der Waals surface area contributed by atoms with E-state index in [0.717, 1.165) is 6.26 Å². The second-order valence-electron chi connectivity index (χ2n) is 3.61. The molecule has 1 atom stereocenters. The number of benzene rings is 1. The Kier molecular flexibility index (Phi) is 4.08. The molecule has 0 radical (unpaired) electrons. The van der Waals surface area contributed by atoms with Crippen molar-refractivity contribution in [3.8, 4) is 5.75 Å². The summed E-state index contributed by atoms with van der Waals surface area (Å²) in [5.41, 5.74) is 5.73. The van der Waals surface area contributed by atoms with Crippen LogP contribution in [0.15, 0.2) is 24.3 Å². The molecule has 17 heavy (non-hydrogen) atoms. The molecule has 1 aromatic carbocycles. The minimum absolute atomic E-state index is 0.311. The Morgan fingerprint density at radius 1 is 1.35 bits per heavy atom. The molecular formula is C10H14N2O4S. The molecule has 0 fully saturated rings. The van der Waals surface area contributed by atoms with Crippen LogP contribution in [0, 0.1) is 0 Å². The van der Waals surface area contributed by atoms with Gasteiger partial charge in [0.05, 0.1) is 6.26 Å². The lowest BCUT2D eigenvalue weighted by atomic mass is 10.3. The normalized spacial score (nSPS) is 12.9. The van der Waals surface area contributed by atoms with Crippen LogP contribution in [-0.4, -0.2) is 26.7 Å². The van der Waals surface area contributed by atoms with Gasteiger partial charge in [-0.1, -0.05) is 0 Å². The van der Waals surface area contributed by atoms with Gasteiger partial charge in [-0.05, 0) is 31.2 Å². The largest absolute Gasteiger partial charge is 0.425 e. The fourth-order valence-corrected chi connectivity index (χ4v) is 1.58. The topological polar surface area (TPSA) is 98.5 Å². The highest BCUT2D eigenvalue weighted by Crippen LogP contribution is 2.16. The highest BCUT2D eigenvalue weighted by atomic mass is 32.2. The van der Waals surface area contributed by atoms with Crippen molar-refractivity contribution in [2.45, 2.75) is 13.0 Å². The minimum Gasteiger partial charge on any atom is -0.425 e. The van der Waals surface area contributed by atoms with Crippen molar-refractivity contribution >= 4 is 21.7 Å². The number of anilines is 1. The average Bonchev–Trinajstić information content (AvgIpc) is 2.18. The maximum atomic E-state index is 11.2. The van der Waals surface area contributed by atoms with Gasteiger partial charge in [0, 0.05) is 5.69 Å². The summed E-state index contributed by atoms with van der Waals surface area (Å²) >= 11 is 0. The molecule has 0 aliphatic rings. The van der Waals surface area contributed by atoms with Crippen molar-refractivity contribution in [3.05, 3.63) is 24.3 Å². The quantitative estimate of drug-likeness (QED) is 0.598. The fourth-order valence-electron chi connectivity index (χ4n) is 1.01. The second-order valence-corrected chi connectivity index (χ2v) is 5.36. The van der Waals surface area contributed by atoms with Gasteiger partial charge in [0.1, 0.15) is 11.8 Å². The van der Waals surface area contributed by atoms with Gasteiger partial charge in [-0.3, -0.25) is 4.72 Å². The van der Waals surface area contributed by atoms with E-state index in [1.807, 2.05) is 0 Å². The van der Waals surface area contributed by atoms with Crippen LogP contribution in [0.5, 0.6) is 5.75 Å². The minimum atomic E-state index is -3.30. The van der Waals surface area contributed by atoms with Gasteiger partial charge in [0.15, 0.2) is 0 Å². The highest BCUT2D eigenvalue weighted by Gasteiger charge is 2.10. The van der Waals surface area contributed by atoms with E-state index in [1.165, 1.54) is 31.2 Å². The Labute approximate surface area is 99.8 Å². The number of ether oxygens (including phenoxy) is 1. The first-order valence-corrected chi connectivity index (χ1v) is 6.72. The molecule has 0 spiro atoms. The SMILES string of the molecule is C[C@H](N)C(=O)Oc1ccc(NS(C)(=O)=O)cc1. The summed E-state index contributed by atoms with van der Waals surface area (Å²) < 4.78 is 29.1. The number of carbonyl (C=O) groups is 1. The molecule has 94 valence electrons. The predicted molar refractivity (Wildman–Crippen MR) is 64.2 cm³/mol. The van der Waals surface area contributed by atoms with Crippen LogP contribution in [0.25, 0.3) is 0 Å². The zero-order chi connectivity index (χ0) is 13.1.